The third kappa shape index (κ3) is 4.21. The van der Waals surface area contributed by atoms with Crippen LogP contribution >= 0.6 is 23.1 Å². The molecule has 0 fully saturated rings. The van der Waals surface area contributed by atoms with Crippen LogP contribution in [0.3, 0.4) is 0 Å². The first-order chi connectivity index (χ1) is 12.0. The fourth-order valence-electron chi connectivity index (χ4n) is 2.23. The van der Waals surface area contributed by atoms with E-state index in [2.05, 4.69) is 11.4 Å². The van der Waals surface area contributed by atoms with Crippen LogP contribution in [0.4, 0.5) is 5.00 Å². The van der Waals surface area contributed by atoms with Gasteiger partial charge in [-0.3, -0.25) is 4.79 Å². The van der Waals surface area contributed by atoms with Gasteiger partial charge in [-0.25, -0.2) is 4.79 Å². The number of thioether (sulfide) groups is 1. The van der Waals surface area contributed by atoms with Gasteiger partial charge in [-0.1, -0.05) is 19.1 Å². The van der Waals surface area contributed by atoms with Gasteiger partial charge in [0.1, 0.15) is 15.9 Å². The summed E-state index contributed by atoms with van der Waals surface area (Å²) < 4.78 is 5.01. The molecule has 2 rings (SSSR count). The van der Waals surface area contributed by atoms with Gasteiger partial charge >= 0.3 is 5.97 Å². The number of thiophene rings is 1. The number of nitrogens with one attached hydrogen (secondary N) is 1. The molecule has 0 aliphatic heterocycles. The van der Waals surface area contributed by atoms with Gasteiger partial charge in [0.15, 0.2) is 0 Å². The molecule has 1 aromatic carbocycles. The maximum atomic E-state index is 12.7. The highest BCUT2D eigenvalue weighted by molar-refractivity contribution is 7.99. The van der Waals surface area contributed by atoms with Crippen LogP contribution in [0.15, 0.2) is 29.2 Å². The lowest BCUT2D eigenvalue weighted by molar-refractivity contribution is 0.0531. The number of anilines is 1. The molecule has 0 saturated heterocycles. The largest absolute Gasteiger partial charge is 0.462 e. The minimum absolute atomic E-state index is 0.251. The minimum atomic E-state index is -0.482. The predicted octanol–water partition coefficient (Wildman–Crippen LogP) is 4.47. The molecule has 7 heteroatoms. The smallest absolute Gasteiger partial charge is 0.348 e. The number of hydrogen-bond donors (Lipinski definition) is 1. The van der Waals surface area contributed by atoms with Gasteiger partial charge in [-0.2, -0.15) is 5.26 Å². The number of carbonyl (C=O) groups is 2. The maximum absolute atomic E-state index is 12.7. The molecular formula is C18H18N2O3S2. The Morgan fingerprint density at radius 2 is 2.04 bits per heavy atom. The zero-order valence-corrected chi connectivity index (χ0v) is 15.8. The lowest BCUT2D eigenvalue weighted by Crippen LogP contribution is -2.12. The SMILES string of the molecule is CCOC(=O)c1sc(NC(=O)c2ccccc2SCC)c(C#N)c1C. The van der Waals surface area contributed by atoms with E-state index in [0.717, 1.165) is 22.0 Å². The average molecular weight is 374 g/mol. The van der Waals surface area contributed by atoms with Crippen molar-refractivity contribution in [2.24, 2.45) is 0 Å². The van der Waals surface area contributed by atoms with E-state index in [9.17, 15) is 14.9 Å². The van der Waals surface area contributed by atoms with Crippen molar-refractivity contribution in [3.05, 3.63) is 45.8 Å². The number of amides is 1. The maximum Gasteiger partial charge on any atom is 0.348 e. The molecule has 25 heavy (non-hydrogen) atoms. The van der Waals surface area contributed by atoms with E-state index in [1.54, 1.807) is 37.7 Å². The van der Waals surface area contributed by atoms with Crippen molar-refractivity contribution in [2.75, 3.05) is 17.7 Å². The van der Waals surface area contributed by atoms with Crippen LogP contribution < -0.4 is 5.32 Å². The second-order valence-corrected chi connectivity index (χ2v) is 7.30. The van der Waals surface area contributed by atoms with Crippen molar-refractivity contribution in [3.8, 4) is 6.07 Å². The predicted molar refractivity (Wildman–Crippen MR) is 101 cm³/mol. The molecule has 0 aliphatic carbocycles. The number of nitriles is 1. The van der Waals surface area contributed by atoms with Crippen LogP contribution in [-0.2, 0) is 4.74 Å². The van der Waals surface area contributed by atoms with Crippen molar-refractivity contribution >= 4 is 40.0 Å². The Balaban J connectivity index is 2.34. The summed E-state index contributed by atoms with van der Waals surface area (Å²) >= 11 is 2.64. The molecule has 0 aliphatic rings. The van der Waals surface area contributed by atoms with Crippen molar-refractivity contribution in [2.45, 2.75) is 25.7 Å². The Bertz CT molecular complexity index is 837. The summed E-state index contributed by atoms with van der Waals surface area (Å²) in [6, 6.07) is 9.36. The van der Waals surface area contributed by atoms with Crippen molar-refractivity contribution in [1.29, 1.82) is 5.26 Å². The van der Waals surface area contributed by atoms with E-state index in [4.69, 9.17) is 4.74 Å². The Hall–Kier alpha value is -2.30. The standard InChI is InChI=1S/C18H18N2O3S2/c1-4-23-18(22)15-11(3)13(10-19)17(25-15)20-16(21)12-8-6-7-9-14(12)24-5-2/h6-9H,4-5H2,1-3H3,(H,20,21). The first-order valence-electron chi connectivity index (χ1n) is 7.77. The van der Waals surface area contributed by atoms with Crippen molar-refractivity contribution in [3.63, 3.8) is 0 Å². The van der Waals surface area contributed by atoms with E-state index >= 15 is 0 Å². The van der Waals surface area contributed by atoms with Crippen LogP contribution in [-0.4, -0.2) is 24.2 Å². The number of carbonyl (C=O) groups excluding carboxylic acids is 2. The summed E-state index contributed by atoms with van der Waals surface area (Å²) in [5.74, 6) is 0.0624. The second kappa shape index (κ2) is 8.70. The highest BCUT2D eigenvalue weighted by Gasteiger charge is 2.23. The molecule has 0 atom stereocenters. The van der Waals surface area contributed by atoms with Crippen LogP contribution in [0.25, 0.3) is 0 Å². The van der Waals surface area contributed by atoms with Gasteiger partial charge in [0.05, 0.1) is 17.7 Å². The van der Waals surface area contributed by atoms with E-state index in [0.29, 0.717) is 26.6 Å². The van der Waals surface area contributed by atoms with E-state index in [1.165, 1.54) is 0 Å². The molecule has 1 aromatic heterocycles. The van der Waals surface area contributed by atoms with Crippen LogP contribution in [0.5, 0.6) is 0 Å². The molecule has 0 radical (unpaired) electrons. The average Bonchev–Trinajstić information content (AvgIpc) is 2.91. The monoisotopic (exact) mass is 374 g/mol. The van der Waals surface area contributed by atoms with Gasteiger partial charge in [0.25, 0.3) is 5.91 Å². The zero-order valence-electron chi connectivity index (χ0n) is 14.2. The summed E-state index contributed by atoms with van der Waals surface area (Å²) in [6.45, 7) is 5.66. The zero-order chi connectivity index (χ0) is 18.4. The topological polar surface area (TPSA) is 79.2 Å². The van der Waals surface area contributed by atoms with Crippen molar-refractivity contribution < 1.29 is 14.3 Å². The number of nitrogens with zero attached hydrogens (tertiary/aromatic N) is 1. The second-order valence-electron chi connectivity index (χ2n) is 4.98. The first kappa shape index (κ1) is 19.0. The summed E-state index contributed by atoms with van der Waals surface area (Å²) in [6.07, 6.45) is 0. The summed E-state index contributed by atoms with van der Waals surface area (Å²) in [7, 11) is 0. The van der Waals surface area contributed by atoms with Crippen LogP contribution in [0.2, 0.25) is 0 Å². The van der Waals surface area contributed by atoms with Crippen molar-refractivity contribution in [1.82, 2.24) is 0 Å². The molecule has 0 unspecified atom stereocenters. The molecular weight excluding hydrogens is 356 g/mol. The van der Waals surface area contributed by atoms with Gasteiger partial charge in [0, 0.05) is 4.90 Å². The molecule has 5 nitrogen and oxygen atoms in total. The molecule has 130 valence electrons. The molecule has 0 saturated carbocycles. The van der Waals surface area contributed by atoms with Crippen LogP contribution in [0.1, 0.15) is 45.0 Å². The highest BCUT2D eigenvalue weighted by Crippen LogP contribution is 2.34. The van der Waals surface area contributed by atoms with Gasteiger partial charge in [-0.05, 0) is 37.3 Å². The molecule has 0 bridgehead atoms. The summed E-state index contributed by atoms with van der Waals surface area (Å²) in [4.78, 5) is 25.9. The molecule has 2 aromatic rings. The van der Waals surface area contributed by atoms with Gasteiger partial charge in [-0.15, -0.1) is 23.1 Å². The Kier molecular flexibility index (Phi) is 6.62. The highest BCUT2D eigenvalue weighted by atomic mass is 32.2. The third-order valence-corrected chi connectivity index (χ3v) is 5.52. The lowest BCUT2D eigenvalue weighted by Gasteiger charge is -2.08. The minimum Gasteiger partial charge on any atom is -0.462 e. The molecule has 1 amide bonds. The number of hydrogen-bond acceptors (Lipinski definition) is 6. The quantitative estimate of drug-likeness (QED) is 0.596. The molecule has 0 spiro atoms. The number of rotatable bonds is 6. The van der Waals surface area contributed by atoms with E-state index in [1.807, 2.05) is 19.1 Å². The fourth-order valence-corrected chi connectivity index (χ4v) is 4.08. The number of benzene rings is 1. The summed E-state index contributed by atoms with van der Waals surface area (Å²) in [5.41, 5.74) is 1.36. The third-order valence-electron chi connectivity index (χ3n) is 3.38. The van der Waals surface area contributed by atoms with Gasteiger partial charge < -0.3 is 10.1 Å². The normalized spacial score (nSPS) is 10.2. The number of esters is 1. The summed E-state index contributed by atoms with van der Waals surface area (Å²) in [5, 5.41) is 12.5. The van der Waals surface area contributed by atoms with E-state index < -0.39 is 5.97 Å². The molecule has 1 heterocycles. The van der Waals surface area contributed by atoms with Gasteiger partial charge in [0.2, 0.25) is 0 Å². The number of ether oxygens (including phenoxy) is 1. The Morgan fingerprint density at radius 1 is 1.32 bits per heavy atom. The Morgan fingerprint density at radius 3 is 2.68 bits per heavy atom. The van der Waals surface area contributed by atoms with Crippen LogP contribution in [0, 0.1) is 18.3 Å². The Labute approximate surface area is 155 Å². The lowest BCUT2D eigenvalue weighted by atomic mass is 10.1. The molecule has 1 N–H and O–H groups in total. The first-order valence-corrected chi connectivity index (χ1v) is 9.57. The fraction of sp³-hybridized carbons (Fsp3) is 0.278. The van der Waals surface area contributed by atoms with E-state index in [-0.39, 0.29) is 12.5 Å².